The standard InChI is InChI=1S/C29H22O3/c1-17-5-3-7-27-23(17)15-21-13-19(9-11-25(21)31-27)29(30)20-10-12-26-22(14-20)16-24-18(2)6-4-8-28(24)32-26/h3-14H,15-16H2,1-2H3. The summed E-state index contributed by atoms with van der Waals surface area (Å²) in [5.41, 5.74) is 8.22. The van der Waals surface area contributed by atoms with E-state index in [1.54, 1.807) is 0 Å². The van der Waals surface area contributed by atoms with Crippen LogP contribution in [0.4, 0.5) is 0 Å². The smallest absolute Gasteiger partial charge is 0.193 e. The van der Waals surface area contributed by atoms with Crippen molar-refractivity contribution in [3.05, 3.63) is 117 Å². The van der Waals surface area contributed by atoms with Crippen LogP contribution in [-0.4, -0.2) is 5.78 Å². The molecule has 0 amide bonds. The molecule has 3 nitrogen and oxygen atoms in total. The van der Waals surface area contributed by atoms with Gasteiger partial charge in [0.25, 0.3) is 0 Å². The minimum atomic E-state index is 0.0155. The highest BCUT2D eigenvalue weighted by Gasteiger charge is 2.23. The molecule has 0 saturated carbocycles. The first-order valence-corrected chi connectivity index (χ1v) is 10.9. The fourth-order valence-electron chi connectivity index (χ4n) is 4.70. The zero-order chi connectivity index (χ0) is 21.8. The molecule has 0 atom stereocenters. The molecule has 0 aliphatic carbocycles. The van der Waals surface area contributed by atoms with Gasteiger partial charge in [-0.05, 0) is 73.5 Å². The SMILES string of the molecule is Cc1cccc2c1Cc1cc(C(=O)c3ccc4c(c3)Cc3c(C)cccc3O4)ccc1O2. The summed E-state index contributed by atoms with van der Waals surface area (Å²) in [4.78, 5) is 13.4. The number of carbonyl (C=O) groups is 1. The predicted octanol–water partition coefficient (Wildman–Crippen LogP) is 6.93. The van der Waals surface area contributed by atoms with Gasteiger partial charge in [-0.25, -0.2) is 0 Å². The van der Waals surface area contributed by atoms with E-state index in [2.05, 4.69) is 26.0 Å². The van der Waals surface area contributed by atoms with Crippen LogP contribution in [0.1, 0.15) is 49.3 Å². The van der Waals surface area contributed by atoms with E-state index >= 15 is 0 Å². The van der Waals surface area contributed by atoms with Crippen molar-refractivity contribution in [3.63, 3.8) is 0 Å². The minimum absolute atomic E-state index is 0.0155. The largest absolute Gasteiger partial charge is 0.457 e. The Bertz CT molecular complexity index is 1310. The van der Waals surface area contributed by atoms with Gasteiger partial charge in [0.1, 0.15) is 23.0 Å². The second kappa shape index (κ2) is 7.10. The van der Waals surface area contributed by atoms with E-state index in [-0.39, 0.29) is 5.78 Å². The van der Waals surface area contributed by atoms with Crippen molar-refractivity contribution in [1.82, 2.24) is 0 Å². The number of carbonyl (C=O) groups excluding carboxylic acids is 1. The molecule has 0 aromatic heterocycles. The zero-order valence-electron chi connectivity index (χ0n) is 18.1. The molecule has 0 spiro atoms. The van der Waals surface area contributed by atoms with E-state index < -0.39 is 0 Å². The van der Waals surface area contributed by atoms with Crippen molar-refractivity contribution in [2.45, 2.75) is 26.7 Å². The summed E-state index contributed by atoms with van der Waals surface area (Å²) < 4.78 is 12.2. The highest BCUT2D eigenvalue weighted by Crippen LogP contribution is 2.40. The van der Waals surface area contributed by atoms with Crippen molar-refractivity contribution in [3.8, 4) is 23.0 Å². The first-order chi connectivity index (χ1) is 15.6. The quantitative estimate of drug-likeness (QED) is 0.286. The van der Waals surface area contributed by atoms with E-state index in [1.165, 1.54) is 22.3 Å². The fraction of sp³-hybridized carbons (Fsp3) is 0.138. The molecule has 0 fully saturated rings. The number of ether oxygens (including phenoxy) is 2. The Morgan fingerprint density at radius 1 is 0.625 bits per heavy atom. The summed E-state index contributed by atoms with van der Waals surface area (Å²) in [5.74, 6) is 3.47. The number of hydrogen-bond donors (Lipinski definition) is 0. The van der Waals surface area contributed by atoms with Gasteiger partial charge >= 0.3 is 0 Å². The maximum atomic E-state index is 13.4. The van der Waals surface area contributed by atoms with Crippen molar-refractivity contribution >= 4 is 5.78 Å². The molecule has 156 valence electrons. The van der Waals surface area contributed by atoms with E-state index in [0.29, 0.717) is 11.1 Å². The summed E-state index contributed by atoms with van der Waals surface area (Å²) in [6.45, 7) is 4.19. The molecule has 0 radical (unpaired) electrons. The second-order valence-electron chi connectivity index (χ2n) is 8.64. The van der Waals surface area contributed by atoms with Crippen LogP contribution in [0.25, 0.3) is 0 Å². The van der Waals surface area contributed by atoms with Gasteiger partial charge < -0.3 is 9.47 Å². The third kappa shape index (κ3) is 3.01. The normalized spacial score (nSPS) is 13.1. The average Bonchev–Trinajstić information content (AvgIpc) is 2.81. The second-order valence-corrected chi connectivity index (χ2v) is 8.64. The van der Waals surface area contributed by atoms with Gasteiger partial charge in [0.15, 0.2) is 5.78 Å². The van der Waals surface area contributed by atoms with E-state index in [0.717, 1.165) is 47.0 Å². The molecule has 2 aliphatic heterocycles. The molecule has 0 unspecified atom stereocenters. The van der Waals surface area contributed by atoms with Crippen LogP contribution >= 0.6 is 0 Å². The molecule has 2 aliphatic rings. The Hall–Kier alpha value is -3.85. The molecule has 6 rings (SSSR count). The Balaban J connectivity index is 1.32. The van der Waals surface area contributed by atoms with Crippen molar-refractivity contribution < 1.29 is 14.3 Å². The van der Waals surface area contributed by atoms with Crippen LogP contribution in [0, 0.1) is 13.8 Å². The number of hydrogen-bond acceptors (Lipinski definition) is 3. The van der Waals surface area contributed by atoms with Crippen LogP contribution in [0.2, 0.25) is 0 Å². The molecule has 4 aromatic carbocycles. The predicted molar refractivity (Wildman–Crippen MR) is 124 cm³/mol. The number of ketones is 1. The maximum Gasteiger partial charge on any atom is 0.193 e. The van der Waals surface area contributed by atoms with Crippen LogP contribution in [-0.2, 0) is 12.8 Å². The van der Waals surface area contributed by atoms with Gasteiger partial charge in [0.05, 0.1) is 0 Å². The van der Waals surface area contributed by atoms with Crippen molar-refractivity contribution in [2.75, 3.05) is 0 Å². The number of rotatable bonds is 2. The minimum Gasteiger partial charge on any atom is -0.457 e. The summed E-state index contributed by atoms with van der Waals surface area (Å²) in [7, 11) is 0. The van der Waals surface area contributed by atoms with Gasteiger partial charge in [-0.15, -0.1) is 0 Å². The summed E-state index contributed by atoms with van der Waals surface area (Å²) >= 11 is 0. The average molecular weight is 418 g/mol. The lowest BCUT2D eigenvalue weighted by atomic mass is 9.91. The van der Waals surface area contributed by atoms with Crippen LogP contribution in [0.3, 0.4) is 0 Å². The molecule has 32 heavy (non-hydrogen) atoms. The molecule has 0 saturated heterocycles. The Morgan fingerprint density at radius 2 is 1.09 bits per heavy atom. The fourth-order valence-corrected chi connectivity index (χ4v) is 4.70. The molecular formula is C29H22O3. The number of aryl methyl sites for hydroxylation is 2. The van der Waals surface area contributed by atoms with Gasteiger partial charge in [-0.3, -0.25) is 4.79 Å². The monoisotopic (exact) mass is 418 g/mol. The molecular weight excluding hydrogens is 396 g/mol. The summed E-state index contributed by atoms with van der Waals surface area (Å²) in [5, 5.41) is 0. The summed E-state index contributed by atoms with van der Waals surface area (Å²) in [6.07, 6.45) is 1.54. The van der Waals surface area contributed by atoms with Gasteiger partial charge in [-0.2, -0.15) is 0 Å². The summed E-state index contributed by atoms with van der Waals surface area (Å²) in [6, 6.07) is 23.7. The Kier molecular flexibility index (Phi) is 4.19. The molecule has 0 bridgehead atoms. The topological polar surface area (TPSA) is 35.5 Å². The maximum absolute atomic E-state index is 13.4. The highest BCUT2D eigenvalue weighted by molar-refractivity contribution is 6.09. The lowest BCUT2D eigenvalue weighted by Crippen LogP contribution is -2.09. The van der Waals surface area contributed by atoms with Crippen LogP contribution < -0.4 is 9.47 Å². The zero-order valence-corrected chi connectivity index (χ0v) is 18.1. The number of fused-ring (bicyclic) bond motifs is 4. The van der Waals surface area contributed by atoms with E-state index in [1.807, 2.05) is 60.7 Å². The first-order valence-electron chi connectivity index (χ1n) is 10.9. The Morgan fingerprint density at radius 3 is 1.56 bits per heavy atom. The third-order valence-corrected chi connectivity index (χ3v) is 6.55. The lowest BCUT2D eigenvalue weighted by molar-refractivity contribution is 0.103. The van der Waals surface area contributed by atoms with Gasteiger partial charge in [-0.1, -0.05) is 24.3 Å². The third-order valence-electron chi connectivity index (χ3n) is 6.55. The lowest BCUT2D eigenvalue weighted by Gasteiger charge is -2.23. The number of benzene rings is 4. The molecule has 3 heteroatoms. The molecule has 0 N–H and O–H groups in total. The first kappa shape index (κ1) is 18.9. The van der Waals surface area contributed by atoms with Crippen molar-refractivity contribution in [2.24, 2.45) is 0 Å². The molecule has 2 heterocycles. The molecule has 4 aromatic rings. The van der Waals surface area contributed by atoms with Gasteiger partial charge in [0, 0.05) is 46.2 Å². The van der Waals surface area contributed by atoms with E-state index in [9.17, 15) is 4.79 Å². The van der Waals surface area contributed by atoms with E-state index in [4.69, 9.17) is 9.47 Å². The highest BCUT2D eigenvalue weighted by atomic mass is 16.5. The Labute approximate surface area is 187 Å². The van der Waals surface area contributed by atoms with Gasteiger partial charge in [0.2, 0.25) is 0 Å². The van der Waals surface area contributed by atoms with Crippen molar-refractivity contribution in [1.29, 1.82) is 0 Å². The van der Waals surface area contributed by atoms with Crippen LogP contribution in [0.15, 0.2) is 72.8 Å². The van der Waals surface area contributed by atoms with Crippen LogP contribution in [0.5, 0.6) is 23.0 Å².